The van der Waals surface area contributed by atoms with E-state index < -0.39 is 5.56 Å². The van der Waals surface area contributed by atoms with E-state index in [1.165, 1.54) is 4.57 Å². The van der Waals surface area contributed by atoms with Gasteiger partial charge in [-0.25, -0.2) is 5.48 Å². The van der Waals surface area contributed by atoms with Crippen molar-refractivity contribution in [1.29, 1.82) is 0 Å². The van der Waals surface area contributed by atoms with Gasteiger partial charge in [0.1, 0.15) is 11.8 Å². The van der Waals surface area contributed by atoms with Crippen molar-refractivity contribution < 1.29 is 19.1 Å². The molecule has 178 valence electrons. The fourth-order valence-corrected chi connectivity index (χ4v) is 3.94. The number of benzene rings is 2. The molecule has 1 aromatic heterocycles. The van der Waals surface area contributed by atoms with E-state index in [9.17, 15) is 9.59 Å². The van der Waals surface area contributed by atoms with Gasteiger partial charge in [-0.05, 0) is 73.5 Å². The van der Waals surface area contributed by atoms with Gasteiger partial charge >= 0.3 is 0 Å². The highest BCUT2D eigenvalue weighted by molar-refractivity contribution is 6.02. The lowest BCUT2D eigenvalue weighted by Crippen LogP contribution is -2.47. The molecule has 2 aliphatic rings. The minimum Gasteiger partial charge on any atom is -0.454 e. The average Bonchev–Trinajstić information content (AvgIpc) is 3.48. The molecule has 9 nitrogen and oxygen atoms in total. The number of rotatable bonds is 4. The number of aliphatic imine (C=N–C) groups is 1. The largest absolute Gasteiger partial charge is 0.454 e. The number of aromatic nitrogens is 1. The summed E-state index contributed by atoms with van der Waals surface area (Å²) in [6.07, 6.45) is 0. The summed E-state index contributed by atoms with van der Waals surface area (Å²) in [5.74, 6) is 1.43. The number of hydrogen-bond acceptors (Lipinski definition) is 7. The van der Waals surface area contributed by atoms with Crippen molar-refractivity contribution in [3.05, 3.63) is 85.6 Å². The lowest BCUT2D eigenvalue weighted by atomic mass is 10.1. The third-order valence-corrected chi connectivity index (χ3v) is 6.00. The van der Waals surface area contributed by atoms with Crippen LogP contribution < -0.4 is 36.3 Å². The molecule has 0 atom stereocenters. The van der Waals surface area contributed by atoms with E-state index in [4.69, 9.17) is 14.3 Å². The minimum absolute atomic E-state index is 0.0796. The zero-order valence-electron chi connectivity index (χ0n) is 19.6. The van der Waals surface area contributed by atoms with Gasteiger partial charge < -0.3 is 24.2 Å². The van der Waals surface area contributed by atoms with Crippen molar-refractivity contribution in [2.75, 3.05) is 12.1 Å². The van der Waals surface area contributed by atoms with Crippen LogP contribution in [0.3, 0.4) is 0 Å². The van der Waals surface area contributed by atoms with E-state index in [1.54, 1.807) is 31.2 Å². The second kappa shape index (κ2) is 8.68. The highest BCUT2D eigenvalue weighted by Crippen LogP contribution is 2.32. The number of fused-ring (bicyclic) bond motifs is 1. The predicted molar refractivity (Wildman–Crippen MR) is 131 cm³/mol. The minimum atomic E-state index is -0.419. The standard InChI is InChI=1S/C26H24N4O5/c1-14-5-7-19(10-15(14)2)27-22(31)12-30-17(4)9-16(3)23(26(30)32)25-28-24(29-35-25)18-6-8-20-21(11-18)34-13-33-20/h5-11H,3,12-13H2,1-2,4H3,(H,27,31)(H,28,29). The Balaban J connectivity index is 1.48. The maximum atomic E-state index is 13.4. The molecule has 2 aliphatic heterocycles. The average molecular weight is 473 g/mol. The SMILES string of the molecule is C=c1cc(C)n(CC(=O)Nc2ccc(C)c(C)c2)c(=O)c1=C1N=C(c2ccc3c(c2)OCO3)NO1. The Kier molecular flexibility index (Phi) is 5.52. The highest BCUT2D eigenvalue weighted by Gasteiger charge is 2.21. The molecule has 3 aromatic rings. The lowest BCUT2D eigenvalue weighted by Gasteiger charge is -2.12. The Morgan fingerprint density at radius 2 is 1.89 bits per heavy atom. The van der Waals surface area contributed by atoms with Crippen molar-refractivity contribution in [2.45, 2.75) is 27.3 Å². The number of ether oxygens (including phenoxy) is 2. The van der Waals surface area contributed by atoms with Gasteiger partial charge in [0.15, 0.2) is 17.3 Å². The van der Waals surface area contributed by atoms with Gasteiger partial charge in [0.25, 0.3) is 11.4 Å². The fourth-order valence-electron chi connectivity index (χ4n) is 3.94. The summed E-state index contributed by atoms with van der Waals surface area (Å²) in [6.45, 7) is 9.72. The van der Waals surface area contributed by atoms with Crippen LogP contribution in [0, 0.1) is 20.8 Å². The second-order valence-corrected chi connectivity index (χ2v) is 8.46. The van der Waals surface area contributed by atoms with Gasteiger partial charge in [-0.15, -0.1) is 0 Å². The molecular formula is C26H24N4O5. The number of pyridine rings is 1. The Labute approximate surface area is 200 Å². The summed E-state index contributed by atoms with van der Waals surface area (Å²) < 4.78 is 12.1. The summed E-state index contributed by atoms with van der Waals surface area (Å²) >= 11 is 0. The second-order valence-electron chi connectivity index (χ2n) is 8.46. The molecule has 0 aliphatic carbocycles. The number of nitrogens with zero attached hydrogens (tertiary/aromatic N) is 2. The topological polar surface area (TPSA) is 103 Å². The van der Waals surface area contributed by atoms with Gasteiger partial charge in [0.2, 0.25) is 12.7 Å². The lowest BCUT2D eigenvalue weighted by molar-refractivity contribution is -0.116. The van der Waals surface area contributed by atoms with Crippen LogP contribution in [-0.2, 0) is 16.2 Å². The molecule has 0 saturated heterocycles. The maximum Gasteiger partial charge on any atom is 0.264 e. The van der Waals surface area contributed by atoms with Crippen molar-refractivity contribution in [1.82, 2.24) is 10.0 Å². The Morgan fingerprint density at radius 1 is 1.09 bits per heavy atom. The molecule has 2 aromatic carbocycles. The molecule has 0 fully saturated rings. The molecule has 1 amide bonds. The molecule has 5 rings (SSSR count). The van der Waals surface area contributed by atoms with Gasteiger partial charge in [0, 0.05) is 16.9 Å². The van der Waals surface area contributed by atoms with Crippen LogP contribution in [0.1, 0.15) is 22.4 Å². The van der Waals surface area contributed by atoms with E-state index in [0.29, 0.717) is 39.5 Å². The van der Waals surface area contributed by atoms with Gasteiger partial charge in [-0.3, -0.25) is 9.59 Å². The summed E-state index contributed by atoms with van der Waals surface area (Å²) in [6, 6.07) is 12.8. The van der Waals surface area contributed by atoms with E-state index in [-0.39, 0.29) is 30.3 Å². The first-order valence-electron chi connectivity index (χ1n) is 11.0. The predicted octanol–water partition coefficient (Wildman–Crippen LogP) is 1.60. The summed E-state index contributed by atoms with van der Waals surface area (Å²) in [5, 5.41) is 3.48. The third-order valence-electron chi connectivity index (χ3n) is 6.00. The number of carbonyl (C=O) groups is 1. The molecule has 0 unspecified atom stereocenters. The third kappa shape index (κ3) is 4.23. The number of hydrogen-bond donors (Lipinski definition) is 2. The van der Waals surface area contributed by atoms with Gasteiger partial charge in [-0.1, -0.05) is 12.6 Å². The first kappa shape index (κ1) is 22.3. The van der Waals surface area contributed by atoms with Crippen LogP contribution in [0.4, 0.5) is 5.69 Å². The molecule has 3 heterocycles. The summed E-state index contributed by atoms with van der Waals surface area (Å²) in [5.41, 5.74) is 6.51. The normalized spacial score (nSPS) is 15.3. The van der Waals surface area contributed by atoms with Crippen molar-refractivity contribution >= 4 is 29.9 Å². The quantitative estimate of drug-likeness (QED) is 0.598. The van der Waals surface area contributed by atoms with Crippen LogP contribution in [0.15, 0.2) is 52.3 Å². The van der Waals surface area contributed by atoms with E-state index >= 15 is 0 Å². The van der Waals surface area contributed by atoms with Crippen molar-refractivity contribution in [2.24, 2.45) is 4.99 Å². The molecule has 0 radical (unpaired) electrons. The van der Waals surface area contributed by atoms with Crippen LogP contribution in [0.2, 0.25) is 0 Å². The zero-order chi connectivity index (χ0) is 24.7. The fraction of sp³-hybridized carbons (Fsp3) is 0.192. The number of nitrogens with one attached hydrogen (secondary N) is 2. The van der Waals surface area contributed by atoms with E-state index in [0.717, 1.165) is 11.1 Å². The number of hydroxylamine groups is 1. The zero-order valence-corrected chi connectivity index (χ0v) is 19.6. The first-order chi connectivity index (χ1) is 16.8. The van der Waals surface area contributed by atoms with Gasteiger partial charge in [0.05, 0.1) is 0 Å². The number of carbonyl (C=O) groups excluding carboxylic acids is 1. The molecule has 2 N–H and O–H groups in total. The number of anilines is 1. The number of amidine groups is 1. The molecule has 9 heteroatoms. The number of aryl methyl sites for hydroxylation is 3. The van der Waals surface area contributed by atoms with E-state index in [2.05, 4.69) is 22.4 Å². The van der Waals surface area contributed by atoms with Crippen LogP contribution >= 0.6 is 0 Å². The Bertz CT molecular complexity index is 1570. The van der Waals surface area contributed by atoms with Crippen LogP contribution in [0.25, 0.3) is 12.5 Å². The highest BCUT2D eigenvalue weighted by atomic mass is 16.7. The van der Waals surface area contributed by atoms with Crippen LogP contribution in [0.5, 0.6) is 11.5 Å². The van der Waals surface area contributed by atoms with Crippen LogP contribution in [-0.4, -0.2) is 23.1 Å². The van der Waals surface area contributed by atoms with Crippen molar-refractivity contribution in [3.8, 4) is 11.5 Å². The first-order valence-corrected chi connectivity index (χ1v) is 11.0. The molecule has 35 heavy (non-hydrogen) atoms. The Hall–Kier alpha value is -4.53. The van der Waals surface area contributed by atoms with Crippen molar-refractivity contribution in [3.63, 3.8) is 0 Å². The number of amides is 1. The Morgan fingerprint density at radius 3 is 2.69 bits per heavy atom. The molecule has 0 saturated carbocycles. The molecule has 0 bridgehead atoms. The maximum absolute atomic E-state index is 13.4. The summed E-state index contributed by atoms with van der Waals surface area (Å²) in [4.78, 5) is 36.1. The smallest absolute Gasteiger partial charge is 0.264 e. The monoisotopic (exact) mass is 472 g/mol. The summed E-state index contributed by atoms with van der Waals surface area (Å²) in [7, 11) is 0. The van der Waals surface area contributed by atoms with E-state index in [1.807, 2.05) is 32.0 Å². The molecular weight excluding hydrogens is 448 g/mol. The van der Waals surface area contributed by atoms with Gasteiger partial charge in [-0.2, -0.15) is 4.99 Å². The molecule has 0 spiro atoms.